The second kappa shape index (κ2) is 8.82. The first-order chi connectivity index (χ1) is 12.2. The molecule has 1 aliphatic heterocycles. The Bertz CT molecular complexity index is 609. The van der Waals surface area contributed by atoms with E-state index in [1.807, 2.05) is 0 Å². The first kappa shape index (κ1) is 17.7. The van der Waals surface area contributed by atoms with Crippen molar-refractivity contribution in [1.29, 1.82) is 0 Å². The van der Waals surface area contributed by atoms with E-state index in [9.17, 15) is 4.79 Å². The zero-order valence-electron chi connectivity index (χ0n) is 14.7. The number of quaternary nitrogens is 1. The van der Waals surface area contributed by atoms with E-state index in [2.05, 4.69) is 66.0 Å². The molecule has 0 aliphatic carbocycles. The summed E-state index contributed by atoms with van der Waals surface area (Å²) in [6.45, 7) is 0.737. The maximum Gasteiger partial charge on any atom is 0.312 e. The van der Waals surface area contributed by atoms with E-state index in [4.69, 9.17) is 5.11 Å². The molecule has 25 heavy (non-hydrogen) atoms. The molecule has 0 unspecified atom stereocenters. The van der Waals surface area contributed by atoms with Crippen LogP contribution in [0.15, 0.2) is 60.7 Å². The van der Waals surface area contributed by atoms with Crippen LogP contribution in [-0.4, -0.2) is 23.7 Å². The maximum absolute atomic E-state index is 11.1. The summed E-state index contributed by atoms with van der Waals surface area (Å²) in [5.41, 5.74) is 2.76. The van der Waals surface area contributed by atoms with Gasteiger partial charge in [-0.05, 0) is 36.8 Å². The average molecular weight is 338 g/mol. The second-order valence-electron chi connectivity index (χ2n) is 7.15. The van der Waals surface area contributed by atoms with Crippen LogP contribution in [0.3, 0.4) is 0 Å². The smallest absolute Gasteiger partial charge is 0.312 e. The molecule has 0 bridgehead atoms. The zero-order chi connectivity index (χ0) is 17.5. The molecule has 3 nitrogen and oxygen atoms in total. The van der Waals surface area contributed by atoms with Gasteiger partial charge in [0.2, 0.25) is 0 Å². The number of hydrogen-bond acceptors (Lipinski definition) is 1. The van der Waals surface area contributed by atoms with Crippen LogP contribution in [0, 0.1) is 5.92 Å². The van der Waals surface area contributed by atoms with E-state index < -0.39 is 5.97 Å². The van der Waals surface area contributed by atoms with E-state index >= 15 is 0 Å². The van der Waals surface area contributed by atoms with Gasteiger partial charge in [-0.2, -0.15) is 0 Å². The van der Waals surface area contributed by atoms with Gasteiger partial charge in [0.15, 0.2) is 0 Å². The maximum atomic E-state index is 11.1. The van der Waals surface area contributed by atoms with Crippen molar-refractivity contribution >= 4 is 5.97 Å². The molecule has 1 saturated heterocycles. The molecule has 1 heterocycles. The fourth-order valence-electron chi connectivity index (χ4n) is 3.97. The predicted octanol–water partition coefficient (Wildman–Crippen LogP) is 3.42. The number of aliphatic carboxylic acids is 1. The van der Waals surface area contributed by atoms with Gasteiger partial charge in [-0.15, -0.1) is 0 Å². The Labute approximate surface area is 150 Å². The number of carbonyl (C=O) groups is 1. The fraction of sp³-hybridized carbons (Fsp3) is 0.409. The Morgan fingerprint density at radius 2 is 1.60 bits per heavy atom. The van der Waals surface area contributed by atoms with Crippen molar-refractivity contribution in [2.75, 3.05) is 6.54 Å². The summed E-state index contributed by atoms with van der Waals surface area (Å²) in [6, 6.07) is 22.1. The summed E-state index contributed by atoms with van der Waals surface area (Å²) in [5.74, 6) is -0.349. The van der Waals surface area contributed by atoms with Crippen molar-refractivity contribution in [2.24, 2.45) is 5.92 Å². The Balaban J connectivity index is 1.56. The molecule has 2 aromatic carbocycles. The van der Waals surface area contributed by atoms with E-state index in [1.54, 1.807) is 0 Å². The number of hydrogen-bond donors (Lipinski definition) is 2. The van der Waals surface area contributed by atoms with E-state index in [1.165, 1.54) is 24.0 Å². The highest BCUT2D eigenvalue weighted by molar-refractivity contribution is 5.70. The van der Waals surface area contributed by atoms with Gasteiger partial charge in [0.1, 0.15) is 5.92 Å². The lowest BCUT2D eigenvalue weighted by atomic mass is 9.85. The SMILES string of the molecule is O=C(O)[C@H]1CC[C@H](CCCC(c2ccccc2)c2ccccc2)[NH2+]C1. The van der Waals surface area contributed by atoms with E-state index in [0.717, 1.165) is 25.8 Å². The van der Waals surface area contributed by atoms with Gasteiger partial charge >= 0.3 is 5.97 Å². The number of nitrogens with two attached hydrogens (primary N) is 1. The molecule has 3 N–H and O–H groups in total. The third kappa shape index (κ3) is 4.93. The molecule has 3 rings (SSSR count). The number of piperidine rings is 1. The summed E-state index contributed by atoms with van der Waals surface area (Å²) in [7, 11) is 0. The molecule has 0 radical (unpaired) electrons. The number of carboxylic acids is 1. The van der Waals surface area contributed by atoms with Crippen LogP contribution in [0.5, 0.6) is 0 Å². The first-order valence-electron chi connectivity index (χ1n) is 9.40. The largest absolute Gasteiger partial charge is 0.481 e. The van der Waals surface area contributed by atoms with Crippen LogP contribution in [0.4, 0.5) is 0 Å². The molecule has 132 valence electrons. The normalized spacial score (nSPS) is 20.5. The summed E-state index contributed by atoms with van der Waals surface area (Å²) in [4.78, 5) is 11.1. The lowest BCUT2D eigenvalue weighted by Crippen LogP contribution is -2.93. The summed E-state index contributed by atoms with van der Waals surface area (Å²) in [6.07, 6.45) is 5.34. The van der Waals surface area contributed by atoms with Gasteiger partial charge in [-0.25, -0.2) is 0 Å². The van der Waals surface area contributed by atoms with Crippen molar-refractivity contribution in [1.82, 2.24) is 0 Å². The summed E-state index contributed by atoms with van der Waals surface area (Å²) < 4.78 is 0. The zero-order valence-corrected chi connectivity index (χ0v) is 14.7. The third-order valence-corrected chi connectivity index (χ3v) is 5.46. The molecule has 0 amide bonds. The Morgan fingerprint density at radius 3 is 2.08 bits per heavy atom. The minimum Gasteiger partial charge on any atom is -0.481 e. The highest BCUT2D eigenvalue weighted by Crippen LogP contribution is 2.30. The molecular formula is C22H28NO2+. The van der Waals surface area contributed by atoms with Gasteiger partial charge in [-0.3, -0.25) is 4.79 Å². The highest BCUT2D eigenvalue weighted by Gasteiger charge is 2.28. The van der Waals surface area contributed by atoms with Gasteiger partial charge in [-0.1, -0.05) is 60.7 Å². The Morgan fingerprint density at radius 1 is 1.00 bits per heavy atom. The van der Waals surface area contributed by atoms with Crippen molar-refractivity contribution in [2.45, 2.75) is 44.1 Å². The molecule has 2 atom stereocenters. The van der Waals surface area contributed by atoms with Crippen molar-refractivity contribution in [3.8, 4) is 0 Å². The molecule has 1 aliphatic rings. The number of carboxylic acid groups (broad SMARTS) is 1. The topological polar surface area (TPSA) is 53.9 Å². The molecule has 1 fully saturated rings. The molecule has 0 spiro atoms. The third-order valence-electron chi connectivity index (χ3n) is 5.46. The average Bonchev–Trinajstić information content (AvgIpc) is 2.67. The molecule has 0 aromatic heterocycles. The Kier molecular flexibility index (Phi) is 6.24. The van der Waals surface area contributed by atoms with Gasteiger partial charge < -0.3 is 10.4 Å². The second-order valence-corrected chi connectivity index (χ2v) is 7.15. The van der Waals surface area contributed by atoms with Crippen LogP contribution in [0.25, 0.3) is 0 Å². The van der Waals surface area contributed by atoms with Crippen molar-refractivity contribution in [3.63, 3.8) is 0 Å². The first-order valence-corrected chi connectivity index (χ1v) is 9.40. The van der Waals surface area contributed by atoms with E-state index in [-0.39, 0.29) is 5.92 Å². The lowest BCUT2D eigenvalue weighted by molar-refractivity contribution is -0.702. The highest BCUT2D eigenvalue weighted by atomic mass is 16.4. The fourth-order valence-corrected chi connectivity index (χ4v) is 3.97. The van der Waals surface area contributed by atoms with Gasteiger partial charge in [0.05, 0.1) is 12.6 Å². The minimum absolute atomic E-state index is 0.155. The standard InChI is InChI=1S/C22H27NO2/c24-22(25)19-14-15-20(23-16-19)12-7-13-21(17-8-3-1-4-9-17)18-10-5-2-6-11-18/h1-6,8-11,19-21,23H,7,12-16H2,(H,24,25)/p+1/t19-,20-/m0/s1. The van der Waals surface area contributed by atoms with Crippen molar-refractivity contribution in [3.05, 3.63) is 71.8 Å². The quantitative estimate of drug-likeness (QED) is 0.813. The Hall–Kier alpha value is -2.13. The summed E-state index contributed by atoms with van der Waals surface area (Å²) in [5, 5.41) is 11.4. The van der Waals surface area contributed by atoms with Crippen molar-refractivity contribution < 1.29 is 15.2 Å². The van der Waals surface area contributed by atoms with E-state index in [0.29, 0.717) is 12.0 Å². The monoisotopic (exact) mass is 338 g/mol. The minimum atomic E-state index is -0.636. The van der Waals surface area contributed by atoms with Crippen LogP contribution >= 0.6 is 0 Å². The summed E-state index contributed by atoms with van der Waals surface area (Å²) >= 11 is 0. The van der Waals surface area contributed by atoms with Crippen LogP contribution in [0.1, 0.15) is 49.1 Å². The van der Waals surface area contributed by atoms with Gasteiger partial charge in [0, 0.05) is 12.3 Å². The predicted molar refractivity (Wildman–Crippen MR) is 99.5 cm³/mol. The number of benzene rings is 2. The molecule has 0 saturated carbocycles. The van der Waals surface area contributed by atoms with Crippen LogP contribution in [0.2, 0.25) is 0 Å². The number of rotatable bonds is 7. The van der Waals surface area contributed by atoms with Gasteiger partial charge in [0.25, 0.3) is 0 Å². The van der Waals surface area contributed by atoms with Crippen LogP contribution < -0.4 is 5.32 Å². The molecule has 3 heteroatoms. The lowest BCUT2D eigenvalue weighted by Gasteiger charge is -2.25. The molecular weight excluding hydrogens is 310 g/mol. The molecule has 2 aromatic rings. The van der Waals surface area contributed by atoms with Crippen LogP contribution in [-0.2, 0) is 4.79 Å².